The second kappa shape index (κ2) is 10.8. The summed E-state index contributed by atoms with van der Waals surface area (Å²) in [5.74, 6) is 1.81. The zero-order chi connectivity index (χ0) is 20.0. The van der Waals surface area contributed by atoms with Crippen LogP contribution in [-0.2, 0) is 5.41 Å². The van der Waals surface area contributed by atoms with Crippen LogP contribution >= 0.6 is 24.0 Å². The van der Waals surface area contributed by atoms with Crippen molar-refractivity contribution in [2.45, 2.75) is 33.1 Å². The van der Waals surface area contributed by atoms with Crippen LogP contribution in [0, 0.1) is 6.92 Å². The van der Waals surface area contributed by atoms with Crippen LogP contribution in [0.15, 0.2) is 47.7 Å². The number of aryl methyl sites for hydroxylation is 1. The molecule has 2 aromatic rings. The van der Waals surface area contributed by atoms with Gasteiger partial charge in [-0.15, -0.1) is 24.0 Å². The van der Waals surface area contributed by atoms with Crippen LogP contribution in [0.25, 0.3) is 0 Å². The molecule has 1 aliphatic rings. The lowest BCUT2D eigenvalue weighted by Gasteiger charge is -2.37. The number of hydrogen-bond acceptors (Lipinski definition) is 4. The molecule has 29 heavy (non-hydrogen) atoms. The lowest BCUT2D eigenvalue weighted by molar-refractivity contribution is 0.368. The molecule has 0 bridgehead atoms. The van der Waals surface area contributed by atoms with Crippen molar-refractivity contribution >= 4 is 35.9 Å². The van der Waals surface area contributed by atoms with Gasteiger partial charge in [-0.1, -0.05) is 43.7 Å². The van der Waals surface area contributed by atoms with Gasteiger partial charge >= 0.3 is 0 Å². The van der Waals surface area contributed by atoms with Gasteiger partial charge in [-0.25, -0.2) is 9.97 Å². The smallest absolute Gasteiger partial charge is 0.225 e. The molecule has 0 amide bonds. The SMILES string of the molecule is CCNC(=NCC(C)(C)c1cccc(C)c1)N1CCN(c2ncccn2)CC1.I. The number of nitrogens with one attached hydrogen (secondary N) is 1. The van der Waals surface area contributed by atoms with Gasteiger partial charge in [-0.3, -0.25) is 4.99 Å². The van der Waals surface area contributed by atoms with Crippen LogP contribution in [0.3, 0.4) is 0 Å². The Morgan fingerprint density at radius 3 is 2.41 bits per heavy atom. The largest absolute Gasteiger partial charge is 0.357 e. The number of nitrogens with zero attached hydrogens (tertiary/aromatic N) is 5. The standard InChI is InChI=1S/C22H32N6.HI/c1-5-23-20(26-17-22(3,4)19-9-6-8-18(2)16-19)27-12-14-28(15-13-27)21-24-10-7-11-25-21;/h6-11,16H,5,12-15,17H2,1-4H3,(H,23,26);1H. The number of piperazine rings is 1. The highest BCUT2D eigenvalue weighted by atomic mass is 127. The van der Waals surface area contributed by atoms with Gasteiger partial charge in [-0.2, -0.15) is 0 Å². The van der Waals surface area contributed by atoms with Crippen LogP contribution in [0.4, 0.5) is 5.95 Å². The average Bonchev–Trinajstić information content (AvgIpc) is 2.72. The Bertz CT molecular complexity index is 785. The van der Waals surface area contributed by atoms with E-state index in [-0.39, 0.29) is 29.4 Å². The molecule has 1 aliphatic heterocycles. The average molecular weight is 508 g/mol. The highest BCUT2D eigenvalue weighted by molar-refractivity contribution is 14.0. The van der Waals surface area contributed by atoms with E-state index < -0.39 is 0 Å². The Morgan fingerprint density at radius 1 is 1.10 bits per heavy atom. The second-order valence-corrected chi connectivity index (χ2v) is 7.95. The predicted octanol–water partition coefficient (Wildman–Crippen LogP) is 3.47. The van der Waals surface area contributed by atoms with Crippen molar-refractivity contribution in [2.24, 2.45) is 4.99 Å². The Kier molecular flexibility index (Phi) is 8.67. The Balaban J connectivity index is 0.00000300. The number of aliphatic imine (C=N–C) groups is 1. The molecule has 0 aliphatic carbocycles. The van der Waals surface area contributed by atoms with Crippen molar-refractivity contribution in [2.75, 3.05) is 44.2 Å². The molecule has 0 spiro atoms. The number of hydrogen-bond donors (Lipinski definition) is 1. The fourth-order valence-electron chi connectivity index (χ4n) is 3.43. The molecule has 1 aromatic heterocycles. The summed E-state index contributed by atoms with van der Waals surface area (Å²) in [6.07, 6.45) is 3.60. The van der Waals surface area contributed by atoms with Crippen LogP contribution in [0.5, 0.6) is 0 Å². The maximum atomic E-state index is 4.99. The number of anilines is 1. The zero-order valence-electron chi connectivity index (χ0n) is 17.9. The summed E-state index contributed by atoms with van der Waals surface area (Å²) in [4.78, 5) is 18.3. The lowest BCUT2D eigenvalue weighted by atomic mass is 9.84. The molecule has 2 heterocycles. The van der Waals surface area contributed by atoms with Crippen molar-refractivity contribution in [3.63, 3.8) is 0 Å². The summed E-state index contributed by atoms with van der Waals surface area (Å²) in [5.41, 5.74) is 2.62. The molecule has 7 heteroatoms. The molecule has 1 saturated heterocycles. The highest BCUT2D eigenvalue weighted by Crippen LogP contribution is 2.24. The minimum Gasteiger partial charge on any atom is -0.357 e. The minimum atomic E-state index is -0.00755. The van der Waals surface area contributed by atoms with Gasteiger partial charge < -0.3 is 15.1 Å². The molecular formula is C22H33IN6. The molecule has 0 saturated carbocycles. The fraction of sp³-hybridized carbons (Fsp3) is 0.500. The van der Waals surface area contributed by atoms with E-state index in [9.17, 15) is 0 Å². The van der Waals surface area contributed by atoms with Gasteiger partial charge in [0.15, 0.2) is 5.96 Å². The number of guanidine groups is 1. The highest BCUT2D eigenvalue weighted by Gasteiger charge is 2.24. The van der Waals surface area contributed by atoms with Crippen LogP contribution in [0.1, 0.15) is 31.9 Å². The molecule has 0 radical (unpaired) electrons. The molecular weight excluding hydrogens is 475 g/mol. The van der Waals surface area contributed by atoms with Crippen LogP contribution in [-0.4, -0.2) is 60.1 Å². The Labute approximate surface area is 191 Å². The van der Waals surface area contributed by atoms with E-state index >= 15 is 0 Å². The summed E-state index contributed by atoms with van der Waals surface area (Å²) in [5, 5.41) is 3.47. The topological polar surface area (TPSA) is 56.7 Å². The third kappa shape index (κ3) is 6.29. The summed E-state index contributed by atoms with van der Waals surface area (Å²) in [6.45, 7) is 14.0. The quantitative estimate of drug-likeness (QED) is 0.381. The van der Waals surface area contributed by atoms with E-state index in [1.807, 2.05) is 6.07 Å². The van der Waals surface area contributed by atoms with E-state index in [4.69, 9.17) is 4.99 Å². The second-order valence-electron chi connectivity index (χ2n) is 7.95. The van der Waals surface area contributed by atoms with Gasteiger partial charge in [-0.05, 0) is 25.5 Å². The monoisotopic (exact) mass is 508 g/mol. The van der Waals surface area contributed by atoms with Gasteiger partial charge in [0.1, 0.15) is 0 Å². The van der Waals surface area contributed by atoms with Gasteiger partial charge in [0.25, 0.3) is 0 Å². The normalized spacial score (nSPS) is 15.1. The van der Waals surface area contributed by atoms with Crippen molar-refractivity contribution in [1.82, 2.24) is 20.2 Å². The summed E-state index contributed by atoms with van der Waals surface area (Å²) in [7, 11) is 0. The van der Waals surface area contributed by atoms with Gasteiger partial charge in [0.05, 0.1) is 6.54 Å². The first-order chi connectivity index (χ1) is 13.5. The number of halogens is 1. The first-order valence-electron chi connectivity index (χ1n) is 10.1. The molecule has 1 fully saturated rings. The number of aromatic nitrogens is 2. The molecule has 158 valence electrons. The first-order valence-corrected chi connectivity index (χ1v) is 10.1. The van der Waals surface area contributed by atoms with E-state index in [0.29, 0.717) is 0 Å². The Hall–Kier alpha value is -1.90. The molecule has 0 atom stereocenters. The van der Waals surface area contributed by atoms with Crippen molar-refractivity contribution in [1.29, 1.82) is 0 Å². The maximum absolute atomic E-state index is 4.99. The number of rotatable bonds is 5. The van der Waals surface area contributed by atoms with Crippen molar-refractivity contribution in [3.05, 3.63) is 53.9 Å². The minimum absolute atomic E-state index is 0. The third-order valence-corrected chi connectivity index (χ3v) is 5.17. The Morgan fingerprint density at radius 2 is 1.79 bits per heavy atom. The zero-order valence-corrected chi connectivity index (χ0v) is 20.3. The third-order valence-electron chi connectivity index (χ3n) is 5.17. The predicted molar refractivity (Wildman–Crippen MR) is 131 cm³/mol. The van der Waals surface area contributed by atoms with E-state index in [0.717, 1.165) is 51.2 Å². The van der Waals surface area contributed by atoms with Crippen molar-refractivity contribution in [3.8, 4) is 0 Å². The van der Waals surface area contributed by atoms with E-state index in [1.165, 1.54) is 11.1 Å². The maximum Gasteiger partial charge on any atom is 0.225 e. The lowest BCUT2D eigenvalue weighted by Crippen LogP contribution is -2.53. The van der Waals surface area contributed by atoms with Gasteiger partial charge in [0.2, 0.25) is 5.95 Å². The molecule has 1 aromatic carbocycles. The fourth-order valence-corrected chi connectivity index (χ4v) is 3.43. The molecule has 3 rings (SSSR count). The summed E-state index contributed by atoms with van der Waals surface area (Å²) in [6, 6.07) is 10.6. The molecule has 1 N–H and O–H groups in total. The first kappa shape index (κ1) is 23.4. The van der Waals surface area contributed by atoms with Gasteiger partial charge in [0, 0.05) is 50.5 Å². The molecule has 0 unspecified atom stereocenters. The van der Waals surface area contributed by atoms with E-state index in [2.05, 4.69) is 77.0 Å². The van der Waals surface area contributed by atoms with E-state index in [1.54, 1.807) is 12.4 Å². The van der Waals surface area contributed by atoms with Crippen molar-refractivity contribution < 1.29 is 0 Å². The number of benzene rings is 1. The molecule has 6 nitrogen and oxygen atoms in total. The summed E-state index contributed by atoms with van der Waals surface area (Å²) < 4.78 is 0. The summed E-state index contributed by atoms with van der Waals surface area (Å²) >= 11 is 0. The van der Waals surface area contributed by atoms with Crippen LogP contribution in [0.2, 0.25) is 0 Å². The van der Waals surface area contributed by atoms with Crippen LogP contribution < -0.4 is 10.2 Å².